The normalized spacial score (nSPS) is 17.5. The highest BCUT2D eigenvalue weighted by Gasteiger charge is 2.28. The van der Waals surface area contributed by atoms with E-state index in [1.54, 1.807) is 4.90 Å². The average molecular weight is 356 g/mol. The zero-order chi connectivity index (χ0) is 17.9. The summed E-state index contributed by atoms with van der Waals surface area (Å²) in [6.07, 6.45) is 2.77. The molecule has 1 aliphatic heterocycles. The number of ether oxygens (including phenoxy) is 1. The van der Waals surface area contributed by atoms with E-state index in [9.17, 15) is 9.59 Å². The molecule has 0 unspecified atom stereocenters. The highest BCUT2D eigenvalue weighted by atomic mass is 16.5. The molecule has 2 amide bonds. The minimum Gasteiger partial charge on any atom is -0.378 e. The van der Waals surface area contributed by atoms with E-state index in [1.165, 1.54) is 0 Å². The predicted molar refractivity (Wildman–Crippen MR) is 96.5 cm³/mol. The Labute approximate surface area is 152 Å². The van der Waals surface area contributed by atoms with Crippen LogP contribution in [-0.2, 0) is 20.9 Å². The fourth-order valence-electron chi connectivity index (χ4n) is 3.42. The molecule has 0 spiro atoms. The zero-order valence-corrected chi connectivity index (χ0v) is 14.8. The van der Waals surface area contributed by atoms with Gasteiger partial charge in [0, 0.05) is 32.0 Å². The molecule has 2 heterocycles. The number of hydrogen-bond acceptors (Lipinski definition) is 4. The standard InChI is InChI=1S/C19H24N4O3/c24-18(7-8-19(25)22-9-11-26-12-10-22)20-13-17-21-15-3-1-2-4-16(15)23(17)14-5-6-14/h1-4,14H,5-13H2,(H,20,24). The van der Waals surface area contributed by atoms with Crippen LogP contribution in [0.25, 0.3) is 11.0 Å². The van der Waals surface area contributed by atoms with Gasteiger partial charge in [0.15, 0.2) is 0 Å². The Balaban J connectivity index is 1.32. The Hall–Kier alpha value is -2.41. The summed E-state index contributed by atoms with van der Waals surface area (Å²) in [6.45, 7) is 2.79. The number of nitrogens with zero attached hydrogens (tertiary/aromatic N) is 3. The van der Waals surface area contributed by atoms with E-state index in [2.05, 4.69) is 20.9 Å². The van der Waals surface area contributed by atoms with Gasteiger partial charge >= 0.3 is 0 Å². The van der Waals surface area contributed by atoms with Gasteiger partial charge in [0.25, 0.3) is 0 Å². The second kappa shape index (κ2) is 7.45. The molecule has 1 aromatic carbocycles. The van der Waals surface area contributed by atoms with Crippen LogP contribution in [0.2, 0.25) is 0 Å². The molecule has 7 heteroatoms. The van der Waals surface area contributed by atoms with Crippen LogP contribution >= 0.6 is 0 Å². The van der Waals surface area contributed by atoms with E-state index in [1.807, 2.05) is 18.2 Å². The number of aromatic nitrogens is 2. The van der Waals surface area contributed by atoms with Crippen molar-refractivity contribution in [2.75, 3.05) is 26.3 Å². The molecule has 2 aromatic rings. The first-order chi connectivity index (χ1) is 12.7. The number of benzene rings is 1. The lowest BCUT2D eigenvalue weighted by Gasteiger charge is -2.26. The third-order valence-corrected chi connectivity index (χ3v) is 4.95. The first kappa shape index (κ1) is 17.0. The molecule has 2 aliphatic rings. The van der Waals surface area contributed by atoms with E-state index in [-0.39, 0.29) is 24.7 Å². The maximum atomic E-state index is 12.2. The number of imidazole rings is 1. The molecule has 0 bridgehead atoms. The summed E-state index contributed by atoms with van der Waals surface area (Å²) < 4.78 is 7.49. The Morgan fingerprint density at radius 2 is 1.92 bits per heavy atom. The van der Waals surface area contributed by atoms with Gasteiger partial charge in [0.2, 0.25) is 11.8 Å². The Morgan fingerprint density at radius 1 is 1.15 bits per heavy atom. The molecule has 1 saturated heterocycles. The van der Waals surface area contributed by atoms with Crippen LogP contribution in [0.4, 0.5) is 0 Å². The molecule has 7 nitrogen and oxygen atoms in total. The number of rotatable bonds is 6. The molecule has 1 N–H and O–H groups in total. The van der Waals surface area contributed by atoms with E-state index in [4.69, 9.17) is 4.74 Å². The van der Waals surface area contributed by atoms with Crippen LogP contribution < -0.4 is 5.32 Å². The highest BCUT2D eigenvalue weighted by Crippen LogP contribution is 2.38. The number of morpholine rings is 1. The number of fused-ring (bicyclic) bond motifs is 1. The Morgan fingerprint density at radius 3 is 2.69 bits per heavy atom. The molecule has 1 aliphatic carbocycles. The van der Waals surface area contributed by atoms with Crippen LogP contribution in [0, 0.1) is 0 Å². The number of nitrogens with one attached hydrogen (secondary N) is 1. The predicted octanol–water partition coefficient (Wildman–Crippen LogP) is 1.63. The smallest absolute Gasteiger partial charge is 0.223 e. The average Bonchev–Trinajstić information content (AvgIpc) is 3.45. The van der Waals surface area contributed by atoms with Crippen molar-refractivity contribution in [1.29, 1.82) is 0 Å². The van der Waals surface area contributed by atoms with E-state index < -0.39 is 0 Å². The fraction of sp³-hybridized carbons (Fsp3) is 0.526. The van der Waals surface area contributed by atoms with Gasteiger partial charge in [0.05, 0.1) is 30.8 Å². The van der Waals surface area contributed by atoms with Gasteiger partial charge in [0.1, 0.15) is 5.82 Å². The summed E-state index contributed by atoms with van der Waals surface area (Å²) in [5.74, 6) is 0.802. The Kier molecular flexibility index (Phi) is 4.88. The number of hydrogen-bond donors (Lipinski definition) is 1. The van der Waals surface area contributed by atoms with Gasteiger partial charge in [-0.25, -0.2) is 4.98 Å². The second-order valence-electron chi connectivity index (χ2n) is 6.89. The summed E-state index contributed by atoms with van der Waals surface area (Å²) in [7, 11) is 0. The summed E-state index contributed by atoms with van der Waals surface area (Å²) in [5.41, 5.74) is 2.09. The molecular weight excluding hydrogens is 332 g/mol. The van der Waals surface area contributed by atoms with Crippen LogP contribution in [0.1, 0.15) is 37.5 Å². The largest absolute Gasteiger partial charge is 0.378 e. The molecule has 2 fully saturated rings. The summed E-state index contributed by atoms with van der Waals surface area (Å²) in [6, 6.07) is 8.57. The second-order valence-corrected chi connectivity index (χ2v) is 6.89. The van der Waals surface area contributed by atoms with Crippen molar-refractivity contribution < 1.29 is 14.3 Å². The molecule has 0 atom stereocenters. The van der Waals surface area contributed by atoms with E-state index in [0.717, 1.165) is 29.7 Å². The number of para-hydroxylation sites is 2. The van der Waals surface area contributed by atoms with Gasteiger partial charge in [-0.05, 0) is 25.0 Å². The van der Waals surface area contributed by atoms with Gasteiger partial charge in [-0.2, -0.15) is 0 Å². The maximum Gasteiger partial charge on any atom is 0.223 e. The van der Waals surface area contributed by atoms with E-state index >= 15 is 0 Å². The number of amides is 2. The molecule has 26 heavy (non-hydrogen) atoms. The molecule has 4 rings (SSSR count). The third-order valence-electron chi connectivity index (χ3n) is 4.95. The lowest BCUT2D eigenvalue weighted by Crippen LogP contribution is -2.41. The molecule has 138 valence electrons. The highest BCUT2D eigenvalue weighted by molar-refractivity contribution is 5.84. The Bertz CT molecular complexity index is 806. The monoisotopic (exact) mass is 356 g/mol. The first-order valence-electron chi connectivity index (χ1n) is 9.30. The first-order valence-corrected chi connectivity index (χ1v) is 9.30. The lowest BCUT2D eigenvalue weighted by atomic mass is 10.2. The minimum atomic E-state index is -0.110. The SMILES string of the molecule is O=C(CCC(=O)N1CCOCC1)NCc1nc2ccccc2n1C1CC1. The summed E-state index contributed by atoms with van der Waals surface area (Å²) in [4.78, 5) is 30.7. The van der Waals surface area contributed by atoms with Gasteiger partial charge in [-0.3, -0.25) is 9.59 Å². The third kappa shape index (κ3) is 3.72. The molecule has 0 radical (unpaired) electrons. The van der Waals surface area contributed by atoms with Crippen molar-refractivity contribution in [2.45, 2.75) is 38.3 Å². The number of carbonyl (C=O) groups excluding carboxylic acids is 2. The lowest BCUT2D eigenvalue weighted by molar-refractivity contribution is -0.137. The minimum absolute atomic E-state index is 0.0219. The van der Waals surface area contributed by atoms with E-state index in [0.29, 0.717) is 38.9 Å². The molecular formula is C19H24N4O3. The van der Waals surface area contributed by atoms with Crippen molar-refractivity contribution >= 4 is 22.8 Å². The van der Waals surface area contributed by atoms with Crippen LogP contribution in [0.3, 0.4) is 0 Å². The van der Waals surface area contributed by atoms with Crippen molar-refractivity contribution in [2.24, 2.45) is 0 Å². The number of carbonyl (C=O) groups is 2. The summed E-state index contributed by atoms with van der Waals surface area (Å²) >= 11 is 0. The van der Waals surface area contributed by atoms with Gasteiger partial charge in [-0.15, -0.1) is 0 Å². The fourth-order valence-corrected chi connectivity index (χ4v) is 3.42. The quantitative estimate of drug-likeness (QED) is 0.853. The van der Waals surface area contributed by atoms with Crippen molar-refractivity contribution in [3.63, 3.8) is 0 Å². The van der Waals surface area contributed by atoms with Gasteiger partial charge in [-0.1, -0.05) is 12.1 Å². The topological polar surface area (TPSA) is 76.5 Å². The maximum absolute atomic E-state index is 12.2. The van der Waals surface area contributed by atoms with Crippen molar-refractivity contribution in [1.82, 2.24) is 19.8 Å². The molecule has 1 aromatic heterocycles. The van der Waals surface area contributed by atoms with Crippen LogP contribution in [-0.4, -0.2) is 52.6 Å². The van der Waals surface area contributed by atoms with Crippen molar-refractivity contribution in [3.05, 3.63) is 30.1 Å². The molecule has 1 saturated carbocycles. The zero-order valence-electron chi connectivity index (χ0n) is 14.8. The summed E-state index contributed by atoms with van der Waals surface area (Å²) in [5, 5.41) is 2.92. The van der Waals surface area contributed by atoms with Crippen LogP contribution in [0.5, 0.6) is 0 Å². The van der Waals surface area contributed by atoms with Gasteiger partial charge < -0.3 is 19.5 Å². The van der Waals surface area contributed by atoms with Crippen molar-refractivity contribution in [3.8, 4) is 0 Å². The van der Waals surface area contributed by atoms with Crippen LogP contribution in [0.15, 0.2) is 24.3 Å².